The van der Waals surface area contributed by atoms with Gasteiger partial charge in [0.25, 0.3) is 5.91 Å². The molecule has 0 aliphatic heterocycles. The molecule has 0 fully saturated rings. The van der Waals surface area contributed by atoms with Crippen LogP contribution in [0.2, 0.25) is 0 Å². The fourth-order valence-electron chi connectivity index (χ4n) is 2.71. The van der Waals surface area contributed by atoms with Crippen LogP contribution in [-0.2, 0) is 6.54 Å². The van der Waals surface area contributed by atoms with E-state index < -0.39 is 0 Å². The molecule has 1 amide bonds. The Balaban J connectivity index is 1.91. The third kappa shape index (κ3) is 3.88. The number of rotatable bonds is 5. The molecule has 0 aliphatic carbocycles. The molecule has 3 aromatic rings. The van der Waals surface area contributed by atoms with Crippen molar-refractivity contribution in [2.45, 2.75) is 13.5 Å². The Morgan fingerprint density at radius 2 is 1.84 bits per heavy atom. The minimum atomic E-state index is -0.303. The van der Waals surface area contributed by atoms with Crippen molar-refractivity contribution < 1.29 is 9.18 Å². The predicted molar refractivity (Wildman–Crippen MR) is 94.3 cm³/mol. The lowest BCUT2D eigenvalue weighted by Crippen LogP contribution is -2.30. The van der Waals surface area contributed by atoms with Gasteiger partial charge in [0.2, 0.25) is 0 Å². The first-order valence-corrected chi connectivity index (χ1v) is 8.07. The molecule has 4 nitrogen and oxygen atoms in total. The summed E-state index contributed by atoms with van der Waals surface area (Å²) in [5.74, 6) is -0.408. The topological polar surface area (TPSA) is 46.1 Å². The Hall–Kier alpha value is -3.08. The van der Waals surface area contributed by atoms with E-state index >= 15 is 0 Å². The molecule has 1 heterocycles. The second-order valence-corrected chi connectivity index (χ2v) is 5.62. The second kappa shape index (κ2) is 7.66. The Kier molecular flexibility index (Phi) is 5.14. The molecular weight excluding hydrogens is 317 g/mol. The SMILES string of the molecule is CCN(Cc1cccc(F)c1)C(=O)c1ccccc1-c1cncnc1. The molecule has 2 aromatic carbocycles. The van der Waals surface area contributed by atoms with Gasteiger partial charge in [0.1, 0.15) is 12.1 Å². The van der Waals surface area contributed by atoms with Crippen LogP contribution in [0.5, 0.6) is 0 Å². The number of amides is 1. The van der Waals surface area contributed by atoms with E-state index in [-0.39, 0.29) is 11.7 Å². The molecular formula is C20H18FN3O. The van der Waals surface area contributed by atoms with Crippen molar-refractivity contribution in [3.05, 3.63) is 84.2 Å². The number of nitrogens with zero attached hydrogens (tertiary/aromatic N) is 3. The highest BCUT2D eigenvalue weighted by molar-refractivity contribution is 6.00. The predicted octanol–water partition coefficient (Wildman–Crippen LogP) is 3.95. The first kappa shape index (κ1) is 16.8. The maximum absolute atomic E-state index is 13.4. The molecule has 0 spiro atoms. The molecule has 126 valence electrons. The Morgan fingerprint density at radius 1 is 1.08 bits per heavy atom. The van der Waals surface area contributed by atoms with Crippen LogP contribution in [0.25, 0.3) is 11.1 Å². The van der Waals surface area contributed by atoms with E-state index in [2.05, 4.69) is 9.97 Å². The van der Waals surface area contributed by atoms with Crippen LogP contribution in [0.1, 0.15) is 22.8 Å². The van der Waals surface area contributed by atoms with Gasteiger partial charge in [-0.15, -0.1) is 0 Å². The highest BCUT2D eigenvalue weighted by atomic mass is 19.1. The maximum atomic E-state index is 13.4. The summed E-state index contributed by atoms with van der Waals surface area (Å²) >= 11 is 0. The van der Waals surface area contributed by atoms with Crippen molar-refractivity contribution in [1.29, 1.82) is 0 Å². The van der Waals surface area contributed by atoms with Gasteiger partial charge in [0.15, 0.2) is 0 Å². The van der Waals surface area contributed by atoms with Gasteiger partial charge in [0.05, 0.1) is 0 Å². The van der Waals surface area contributed by atoms with Gasteiger partial charge < -0.3 is 4.90 Å². The summed E-state index contributed by atoms with van der Waals surface area (Å²) in [5.41, 5.74) is 2.91. The van der Waals surface area contributed by atoms with Gasteiger partial charge in [-0.1, -0.05) is 30.3 Å². The molecule has 0 atom stereocenters. The molecule has 5 heteroatoms. The van der Waals surface area contributed by atoms with Crippen molar-refractivity contribution >= 4 is 5.91 Å². The van der Waals surface area contributed by atoms with Crippen molar-refractivity contribution in [1.82, 2.24) is 14.9 Å². The van der Waals surface area contributed by atoms with Crippen LogP contribution in [0.4, 0.5) is 4.39 Å². The first-order chi connectivity index (χ1) is 12.2. The van der Waals surface area contributed by atoms with Gasteiger partial charge in [-0.2, -0.15) is 0 Å². The first-order valence-electron chi connectivity index (χ1n) is 8.07. The van der Waals surface area contributed by atoms with E-state index in [9.17, 15) is 9.18 Å². The van der Waals surface area contributed by atoms with Crippen LogP contribution < -0.4 is 0 Å². The monoisotopic (exact) mass is 335 g/mol. The van der Waals surface area contributed by atoms with Gasteiger partial charge in [-0.25, -0.2) is 14.4 Å². The summed E-state index contributed by atoms with van der Waals surface area (Å²) in [6.45, 7) is 2.78. The van der Waals surface area contributed by atoms with E-state index in [1.54, 1.807) is 29.4 Å². The number of aromatic nitrogens is 2. The molecule has 0 aliphatic rings. The molecule has 0 bridgehead atoms. The van der Waals surface area contributed by atoms with Gasteiger partial charge >= 0.3 is 0 Å². The normalized spacial score (nSPS) is 10.5. The number of hydrogen-bond donors (Lipinski definition) is 0. The van der Waals surface area contributed by atoms with E-state index in [1.807, 2.05) is 31.2 Å². The lowest BCUT2D eigenvalue weighted by Gasteiger charge is -2.22. The maximum Gasteiger partial charge on any atom is 0.254 e. The smallest absolute Gasteiger partial charge is 0.254 e. The lowest BCUT2D eigenvalue weighted by atomic mass is 10.0. The quantitative estimate of drug-likeness (QED) is 0.709. The van der Waals surface area contributed by atoms with Gasteiger partial charge in [0, 0.05) is 36.6 Å². The van der Waals surface area contributed by atoms with Gasteiger partial charge in [-0.05, 0) is 36.2 Å². The number of carbonyl (C=O) groups excluding carboxylic acids is 1. The Morgan fingerprint density at radius 3 is 2.56 bits per heavy atom. The highest BCUT2D eigenvalue weighted by Gasteiger charge is 2.18. The van der Waals surface area contributed by atoms with Crippen molar-refractivity contribution in [3.8, 4) is 11.1 Å². The van der Waals surface area contributed by atoms with Crippen LogP contribution in [0, 0.1) is 5.82 Å². The summed E-state index contributed by atoms with van der Waals surface area (Å²) in [7, 11) is 0. The van der Waals surface area contributed by atoms with Crippen molar-refractivity contribution in [2.75, 3.05) is 6.54 Å². The fraction of sp³-hybridized carbons (Fsp3) is 0.150. The van der Waals surface area contributed by atoms with Gasteiger partial charge in [-0.3, -0.25) is 4.79 Å². The Bertz CT molecular complexity index is 868. The third-order valence-electron chi connectivity index (χ3n) is 3.96. The average molecular weight is 335 g/mol. The summed E-state index contributed by atoms with van der Waals surface area (Å²) in [5, 5.41) is 0. The summed E-state index contributed by atoms with van der Waals surface area (Å²) < 4.78 is 13.4. The van der Waals surface area contributed by atoms with E-state index in [0.717, 1.165) is 16.7 Å². The van der Waals surface area contributed by atoms with E-state index in [4.69, 9.17) is 0 Å². The number of carbonyl (C=O) groups is 1. The van der Waals surface area contributed by atoms with Crippen LogP contribution >= 0.6 is 0 Å². The largest absolute Gasteiger partial charge is 0.335 e. The number of halogens is 1. The zero-order valence-electron chi connectivity index (χ0n) is 13.9. The zero-order valence-corrected chi connectivity index (χ0v) is 13.9. The molecule has 0 N–H and O–H groups in total. The van der Waals surface area contributed by atoms with E-state index in [1.165, 1.54) is 18.5 Å². The minimum absolute atomic E-state index is 0.105. The third-order valence-corrected chi connectivity index (χ3v) is 3.96. The summed E-state index contributed by atoms with van der Waals surface area (Å²) in [4.78, 5) is 22.8. The summed E-state index contributed by atoms with van der Waals surface area (Å²) in [6, 6.07) is 13.7. The fourth-order valence-corrected chi connectivity index (χ4v) is 2.71. The average Bonchev–Trinajstić information content (AvgIpc) is 2.66. The molecule has 25 heavy (non-hydrogen) atoms. The molecule has 0 radical (unpaired) electrons. The van der Waals surface area contributed by atoms with Crippen molar-refractivity contribution in [2.24, 2.45) is 0 Å². The van der Waals surface area contributed by atoms with Crippen LogP contribution in [0.15, 0.2) is 67.3 Å². The van der Waals surface area contributed by atoms with Crippen molar-refractivity contribution in [3.63, 3.8) is 0 Å². The van der Waals surface area contributed by atoms with Crippen LogP contribution in [-0.4, -0.2) is 27.3 Å². The Labute approximate surface area is 146 Å². The zero-order chi connectivity index (χ0) is 17.6. The number of benzene rings is 2. The summed E-state index contributed by atoms with van der Waals surface area (Å²) in [6.07, 6.45) is 4.82. The van der Waals surface area contributed by atoms with Crippen LogP contribution in [0.3, 0.4) is 0 Å². The number of hydrogen-bond acceptors (Lipinski definition) is 3. The standard InChI is InChI=1S/C20H18FN3O/c1-2-24(13-15-6-5-7-17(21)10-15)20(25)19-9-4-3-8-18(19)16-11-22-14-23-12-16/h3-12,14H,2,13H2,1H3. The second-order valence-electron chi connectivity index (χ2n) is 5.62. The molecule has 0 unspecified atom stereocenters. The molecule has 1 aromatic heterocycles. The minimum Gasteiger partial charge on any atom is -0.335 e. The molecule has 3 rings (SSSR count). The van der Waals surface area contributed by atoms with E-state index in [0.29, 0.717) is 18.7 Å². The molecule has 0 saturated heterocycles. The lowest BCUT2D eigenvalue weighted by molar-refractivity contribution is 0.0753. The molecule has 0 saturated carbocycles. The highest BCUT2D eigenvalue weighted by Crippen LogP contribution is 2.24.